The Morgan fingerprint density at radius 3 is 2.61 bits per heavy atom. The third kappa shape index (κ3) is 3.40. The van der Waals surface area contributed by atoms with Crippen LogP contribution >= 0.6 is 0 Å². The van der Waals surface area contributed by atoms with E-state index in [2.05, 4.69) is 47.3 Å². The zero-order valence-corrected chi connectivity index (χ0v) is 11.2. The molecule has 98 valence electrons. The molecular weight excluding hydrogens is 228 g/mol. The fraction of sp³-hybridized carbons (Fsp3) is 0.583. The summed E-state index contributed by atoms with van der Waals surface area (Å²) in [6.07, 6.45) is 7.53. The molecule has 0 saturated heterocycles. The van der Waals surface area contributed by atoms with Crippen molar-refractivity contribution in [3.63, 3.8) is 0 Å². The minimum absolute atomic E-state index is 0.418. The number of aromatic nitrogens is 5. The topological polar surface area (TPSA) is 51.8 Å². The summed E-state index contributed by atoms with van der Waals surface area (Å²) in [5.41, 5.74) is 1.25. The summed E-state index contributed by atoms with van der Waals surface area (Å²) in [7, 11) is 2.11. The highest BCUT2D eigenvalue weighted by atomic mass is 15.3. The molecule has 2 aromatic heterocycles. The van der Waals surface area contributed by atoms with Crippen molar-refractivity contribution in [2.75, 3.05) is 13.6 Å². The van der Waals surface area contributed by atoms with Crippen molar-refractivity contribution < 1.29 is 0 Å². The summed E-state index contributed by atoms with van der Waals surface area (Å²) in [6, 6.07) is 0.418. The van der Waals surface area contributed by atoms with Crippen LogP contribution in [0.5, 0.6) is 0 Å². The van der Waals surface area contributed by atoms with Crippen molar-refractivity contribution in [2.45, 2.75) is 33.0 Å². The molecule has 6 heteroatoms. The molecule has 0 aliphatic heterocycles. The van der Waals surface area contributed by atoms with Crippen molar-refractivity contribution in [3.05, 3.63) is 30.6 Å². The predicted octanol–water partition coefficient (Wildman–Crippen LogP) is 1.19. The van der Waals surface area contributed by atoms with Crippen molar-refractivity contribution in [2.24, 2.45) is 0 Å². The van der Waals surface area contributed by atoms with Gasteiger partial charge in [-0.05, 0) is 20.9 Å². The summed E-state index contributed by atoms with van der Waals surface area (Å²) >= 11 is 0. The van der Waals surface area contributed by atoms with Gasteiger partial charge in [0.05, 0.1) is 6.20 Å². The van der Waals surface area contributed by atoms with E-state index in [-0.39, 0.29) is 0 Å². The first-order chi connectivity index (χ1) is 8.65. The lowest BCUT2D eigenvalue weighted by molar-refractivity contribution is 0.311. The summed E-state index contributed by atoms with van der Waals surface area (Å²) in [4.78, 5) is 2.27. The maximum atomic E-state index is 4.34. The van der Waals surface area contributed by atoms with Crippen LogP contribution in [0.15, 0.2) is 25.0 Å². The van der Waals surface area contributed by atoms with Crippen LogP contribution in [-0.2, 0) is 13.1 Å². The molecule has 18 heavy (non-hydrogen) atoms. The lowest BCUT2D eigenvalue weighted by atomic mass is 10.3. The molecule has 0 radical (unpaired) electrons. The molecule has 2 heterocycles. The molecule has 0 atom stereocenters. The van der Waals surface area contributed by atoms with E-state index >= 15 is 0 Å². The smallest absolute Gasteiger partial charge is 0.119 e. The number of likely N-dealkylation sites (N-methyl/N-ethyl adjacent to an activating group) is 1. The largest absolute Gasteiger partial charge is 0.319 e. The van der Waals surface area contributed by atoms with Crippen LogP contribution < -0.4 is 0 Å². The van der Waals surface area contributed by atoms with E-state index in [1.54, 1.807) is 12.7 Å². The molecule has 0 saturated carbocycles. The van der Waals surface area contributed by atoms with Crippen LogP contribution in [0.25, 0.3) is 0 Å². The minimum Gasteiger partial charge on any atom is -0.319 e. The molecular formula is C12H20N6. The quantitative estimate of drug-likeness (QED) is 0.770. The highest BCUT2D eigenvalue weighted by molar-refractivity contribution is 5.03. The molecule has 0 N–H and O–H groups in total. The second-order valence-corrected chi connectivity index (χ2v) is 4.86. The first kappa shape index (κ1) is 12.8. The highest BCUT2D eigenvalue weighted by Crippen LogP contribution is 2.07. The fourth-order valence-corrected chi connectivity index (χ4v) is 1.76. The monoisotopic (exact) mass is 248 g/mol. The molecule has 0 spiro atoms. The Balaban J connectivity index is 1.81. The summed E-state index contributed by atoms with van der Waals surface area (Å²) in [5, 5.41) is 11.9. The lowest BCUT2D eigenvalue weighted by Crippen LogP contribution is -2.22. The van der Waals surface area contributed by atoms with Gasteiger partial charge in [-0.15, -0.1) is 10.2 Å². The number of hydrogen-bond donors (Lipinski definition) is 0. The molecule has 0 fully saturated rings. The van der Waals surface area contributed by atoms with Crippen LogP contribution in [0.3, 0.4) is 0 Å². The average Bonchev–Trinajstić information content (AvgIpc) is 2.96. The van der Waals surface area contributed by atoms with E-state index in [9.17, 15) is 0 Å². The van der Waals surface area contributed by atoms with Crippen molar-refractivity contribution in [1.29, 1.82) is 0 Å². The van der Waals surface area contributed by atoms with Crippen LogP contribution in [-0.4, -0.2) is 43.0 Å². The zero-order valence-electron chi connectivity index (χ0n) is 11.2. The van der Waals surface area contributed by atoms with Crippen LogP contribution in [0.4, 0.5) is 0 Å². The second-order valence-electron chi connectivity index (χ2n) is 4.86. The molecule has 0 aliphatic carbocycles. The molecule has 0 aliphatic rings. The van der Waals surface area contributed by atoms with Crippen LogP contribution in [0.1, 0.15) is 25.5 Å². The summed E-state index contributed by atoms with van der Waals surface area (Å²) in [5.74, 6) is 0. The standard InChI is InChI=1S/C12H20N6/c1-11(2)18-8-12(6-15-18)7-16(3)4-5-17-9-13-14-10-17/h6,8-11H,4-5,7H2,1-3H3. The third-order valence-corrected chi connectivity index (χ3v) is 2.84. The van der Waals surface area contributed by atoms with Gasteiger partial charge in [0.25, 0.3) is 0 Å². The Bertz CT molecular complexity index is 459. The van der Waals surface area contributed by atoms with E-state index in [0.29, 0.717) is 6.04 Å². The maximum absolute atomic E-state index is 4.34. The molecule has 0 bridgehead atoms. The Labute approximate surface area is 107 Å². The Morgan fingerprint density at radius 2 is 2.00 bits per heavy atom. The Kier molecular flexibility index (Phi) is 4.09. The minimum atomic E-state index is 0.418. The fourth-order valence-electron chi connectivity index (χ4n) is 1.76. The Morgan fingerprint density at radius 1 is 1.28 bits per heavy atom. The van der Waals surface area contributed by atoms with Gasteiger partial charge in [0.15, 0.2) is 0 Å². The summed E-state index contributed by atoms with van der Waals surface area (Å²) < 4.78 is 3.97. The van der Waals surface area contributed by atoms with Crippen molar-refractivity contribution >= 4 is 0 Å². The lowest BCUT2D eigenvalue weighted by Gasteiger charge is -2.15. The Hall–Kier alpha value is -1.69. The van der Waals surface area contributed by atoms with Crippen molar-refractivity contribution in [1.82, 2.24) is 29.4 Å². The van der Waals surface area contributed by atoms with Gasteiger partial charge >= 0.3 is 0 Å². The second kappa shape index (κ2) is 5.77. The van der Waals surface area contributed by atoms with Crippen LogP contribution in [0, 0.1) is 0 Å². The predicted molar refractivity (Wildman–Crippen MR) is 69.0 cm³/mol. The van der Waals surface area contributed by atoms with E-state index in [0.717, 1.165) is 19.6 Å². The number of nitrogens with zero attached hydrogens (tertiary/aromatic N) is 6. The molecule has 2 aromatic rings. The number of rotatable bonds is 6. The molecule has 0 amide bonds. The summed E-state index contributed by atoms with van der Waals surface area (Å²) in [6.45, 7) is 7.04. The van der Waals surface area contributed by atoms with Gasteiger partial charge < -0.3 is 9.47 Å². The zero-order chi connectivity index (χ0) is 13.0. The third-order valence-electron chi connectivity index (χ3n) is 2.84. The normalized spacial score (nSPS) is 11.6. The molecule has 6 nitrogen and oxygen atoms in total. The van der Waals surface area contributed by atoms with Gasteiger partial charge in [-0.2, -0.15) is 5.10 Å². The van der Waals surface area contributed by atoms with Gasteiger partial charge in [-0.25, -0.2) is 0 Å². The van der Waals surface area contributed by atoms with Crippen molar-refractivity contribution in [3.8, 4) is 0 Å². The van der Waals surface area contributed by atoms with Gasteiger partial charge in [-0.1, -0.05) is 0 Å². The van der Waals surface area contributed by atoms with Crippen LogP contribution in [0.2, 0.25) is 0 Å². The molecule has 2 rings (SSSR count). The van der Waals surface area contributed by atoms with E-state index in [4.69, 9.17) is 0 Å². The molecule has 0 aromatic carbocycles. The van der Waals surface area contributed by atoms with Gasteiger partial charge in [0, 0.05) is 37.4 Å². The van der Waals surface area contributed by atoms with E-state index in [1.165, 1.54) is 5.56 Å². The highest BCUT2D eigenvalue weighted by Gasteiger charge is 2.05. The van der Waals surface area contributed by atoms with E-state index < -0.39 is 0 Å². The first-order valence-corrected chi connectivity index (χ1v) is 6.19. The average molecular weight is 248 g/mol. The molecule has 0 unspecified atom stereocenters. The van der Waals surface area contributed by atoms with E-state index in [1.807, 2.05) is 15.4 Å². The van der Waals surface area contributed by atoms with Gasteiger partial charge in [0.1, 0.15) is 12.7 Å². The maximum Gasteiger partial charge on any atom is 0.119 e. The first-order valence-electron chi connectivity index (χ1n) is 6.19. The number of hydrogen-bond acceptors (Lipinski definition) is 4. The van der Waals surface area contributed by atoms with Gasteiger partial charge in [-0.3, -0.25) is 4.68 Å². The van der Waals surface area contributed by atoms with Gasteiger partial charge in [0.2, 0.25) is 0 Å². The SMILES string of the molecule is CC(C)n1cc(CN(C)CCn2cnnc2)cn1.